The highest BCUT2D eigenvalue weighted by Gasteiger charge is 2.08. The fraction of sp³-hybridized carbons (Fsp3) is 1.00. The molecule has 0 aliphatic rings. The predicted molar refractivity (Wildman–Crippen MR) is 42.7 cm³/mol. The summed E-state index contributed by atoms with van der Waals surface area (Å²) in [5.41, 5.74) is 0. The molecule has 0 aromatic rings. The first kappa shape index (κ1) is 8.39. The van der Waals surface area contributed by atoms with Gasteiger partial charge in [0.05, 0.1) is 0 Å². The molecule has 0 aliphatic carbocycles. The van der Waals surface area contributed by atoms with Crippen molar-refractivity contribution in [2.45, 2.75) is 26.2 Å². The van der Waals surface area contributed by atoms with Crippen molar-refractivity contribution in [3.8, 4) is 0 Å². The third kappa shape index (κ3) is 2.64. The largest absolute Gasteiger partial charge is 0.350 e. The molecular formula is C5H15NSi2. The van der Waals surface area contributed by atoms with E-state index < -0.39 is 0 Å². The second kappa shape index (κ2) is 3.43. The van der Waals surface area contributed by atoms with Crippen molar-refractivity contribution in [3.63, 3.8) is 0 Å². The third-order valence-corrected chi connectivity index (χ3v) is 6.71. The first-order valence-electron chi connectivity index (χ1n) is 2.89. The zero-order chi connectivity index (χ0) is 6.73. The molecule has 0 unspecified atom stereocenters. The Balaban J connectivity index is 3.46. The van der Waals surface area contributed by atoms with Gasteiger partial charge in [0.25, 0.3) is 0 Å². The zero-order valence-corrected chi connectivity index (χ0v) is 8.45. The minimum absolute atomic E-state index is 0.133. The smallest absolute Gasteiger partial charge is 0.122 e. The maximum atomic E-state index is 2.54. The van der Waals surface area contributed by atoms with Crippen LogP contribution in [0.3, 0.4) is 0 Å². The summed E-state index contributed by atoms with van der Waals surface area (Å²) in [5, 5.41) is 0. The van der Waals surface area contributed by atoms with E-state index in [1.54, 1.807) is 0 Å². The molecule has 0 atom stereocenters. The summed E-state index contributed by atoms with van der Waals surface area (Å²) in [6.45, 7) is 9.34. The highest BCUT2D eigenvalue weighted by molar-refractivity contribution is 6.69. The second-order valence-corrected chi connectivity index (χ2v) is 8.03. The Labute approximate surface area is 56.1 Å². The molecule has 0 bridgehead atoms. The van der Waals surface area contributed by atoms with Crippen molar-refractivity contribution >= 4 is 17.9 Å². The van der Waals surface area contributed by atoms with Crippen molar-refractivity contribution < 1.29 is 0 Å². The van der Waals surface area contributed by atoms with E-state index in [0.717, 1.165) is 0 Å². The number of hydrogen-bond donors (Lipinski definition) is 0. The number of nitrogens with zero attached hydrogens (tertiary/aromatic N) is 1. The molecule has 0 saturated carbocycles. The summed E-state index contributed by atoms with van der Waals surface area (Å²) in [6, 6.07) is 0. The predicted octanol–water partition coefficient (Wildman–Crippen LogP) is 1.42. The molecule has 0 heterocycles. The van der Waals surface area contributed by atoms with Gasteiger partial charge in [-0.1, -0.05) is 26.2 Å². The molecule has 1 nitrogen and oxygen atoms in total. The van der Waals surface area contributed by atoms with Crippen LogP contribution in [0.25, 0.3) is 0 Å². The van der Waals surface area contributed by atoms with E-state index in [9.17, 15) is 0 Å². The number of hydrogen-bond acceptors (Lipinski definition) is 1. The molecule has 0 rings (SSSR count). The zero-order valence-electron chi connectivity index (χ0n) is 6.45. The topological polar surface area (TPSA) is 3.24 Å². The Morgan fingerprint density at radius 1 is 0.875 bits per heavy atom. The van der Waals surface area contributed by atoms with Crippen LogP contribution in [0.5, 0.6) is 0 Å². The van der Waals surface area contributed by atoms with Crippen LogP contribution >= 0.6 is 0 Å². The van der Waals surface area contributed by atoms with Crippen LogP contribution in [0.1, 0.15) is 0 Å². The van der Waals surface area contributed by atoms with Gasteiger partial charge in [-0.15, -0.1) is 0 Å². The van der Waals surface area contributed by atoms with Crippen molar-refractivity contribution in [1.82, 2.24) is 4.23 Å². The van der Waals surface area contributed by atoms with E-state index in [4.69, 9.17) is 0 Å². The molecule has 0 aromatic carbocycles. The van der Waals surface area contributed by atoms with Crippen molar-refractivity contribution in [2.24, 2.45) is 0 Å². The summed E-state index contributed by atoms with van der Waals surface area (Å²) in [6.07, 6.45) is 0. The van der Waals surface area contributed by atoms with Gasteiger partial charge in [-0.05, 0) is 7.05 Å². The maximum absolute atomic E-state index is 2.54. The lowest BCUT2D eigenvalue weighted by Crippen LogP contribution is -2.39. The Morgan fingerprint density at radius 3 is 1.12 bits per heavy atom. The molecule has 0 amide bonds. The molecule has 48 valence electrons. The van der Waals surface area contributed by atoms with E-state index in [2.05, 4.69) is 37.5 Å². The Bertz CT molecular complexity index is 55.4. The van der Waals surface area contributed by atoms with Gasteiger partial charge in [-0.2, -0.15) is 0 Å². The van der Waals surface area contributed by atoms with E-state index >= 15 is 0 Å². The van der Waals surface area contributed by atoms with Gasteiger partial charge in [0.2, 0.25) is 0 Å². The van der Waals surface area contributed by atoms with Gasteiger partial charge >= 0.3 is 0 Å². The molecule has 0 aliphatic heterocycles. The van der Waals surface area contributed by atoms with Crippen molar-refractivity contribution in [2.75, 3.05) is 7.05 Å². The van der Waals surface area contributed by atoms with E-state index in [-0.39, 0.29) is 17.9 Å². The quantitative estimate of drug-likeness (QED) is 0.531. The molecule has 0 spiro atoms. The molecule has 0 aromatic heterocycles. The van der Waals surface area contributed by atoms with Gasteiger partial charge < -0.3 is 4.23 Å². The van der Waals surface area contributed by atoms with Crippen LogP contribution in [0.2, 0.25) is 26.2 Å². The first-order valence-corrected chi connectivity index (χ1v) is 7.79. The number of rotatable bonds is 2. The average Bonchev–Trinajstić information content (AvgIpc) is 1.64. The highest BCUT2D eigenvalue weighted by atomic mass is 28.3. The minimum Gasteiger partial charge on any atom is -0.350 e. The van der Waals surface area contributed by atoms with E-state index in [0.29, 0.717) is 0 Å². The summed E-state index contributed by atoms with van der Waals surface area (Å²) < 4.78 is 2.54. The van der Waals surface area contributed by atoms with Gasteiger partial charge in [-0.3, -0.25) is 0 Å². The molecule has 3 heteroatoms. The Morgan fingerprint density at radius 2 is 1.12 bits per heavy atom. The average molecular weight is 145 g/mol. The first-order chi connectivity index (χ1) is 3.55. The van der Waals surface area contributed by atoms with Crippen LogP contribution in [0.4, 0.5) is 0 Å². The van der Waals surface area contributed by atoms with Gasteiger partial charge in [0.15, 0.2) is 0 Å². The minimum atomic E-state index is -0.133. The normalized spacial score (nSPS) is 12.0. The van der Waals surface area contributed by atoms with Gasteiger partial charge in [0, 0.05) is 0 Å². The summed E-state index contributed by atoms with van der Waals surface area (Å²) in [4.78, 5) is 0. The van der Waals surface area contributed by atoms with Crippen LogP contribution < -0.4 is 0 Å². The lowest BCUT2D eigenvalue weighted by Gasteiger charge is -2.22. The van der Waals surface area contributed by atoms with E-state index in [1.165, 1.54) is 0 Å². The summed E-state index contributed by atoms with van der Waals surface area (Å²) >= 11 is 0. The van der Waals surface area contributed by atoms with Crippen LogP contribution in [0.15, 0.2) is 0 Å². The van der Waals surface area contributed by atoms with Crippen LogP contribution in [0, 0.1) is 0 Å². The van der Waals surface area contributed by atoms with Gasteiger partial charge in [0.1, 0.15) is 17.9 Å². The monoisotopic (exact) mass is 145 g/mol. The fourth-order valence-corrected chi connectivity index (χ4v) is 4.02. The second-order valence-electron chi connectivity index (χ2n) is 2.45. The Kier molecular flexibility index (Phi) is 3.59. The molecule has 0 N–H and O–H groups in total. The summed E-state index contributed by atoms with van der Waals surface area (Å²) in [7, 11) is 1.97. The lowest BCUT2D eigenvalue weighted by molar-refractivity contribution is 0.810. The summed E-state index contributed by atoms with van der Waals surface area (Å²) in [5.74, 6) is 0. The third-order valence-electron chi connectivity index (χ3n) is 1.34. The molecule has 0 fully saturated rings. The lowest BCUT2D eigenvalue weighted by atomic mass is 11.6. The standard InChI is InChI=1S/C5H15NSi2/c1-6(7(2)3)8(4)5/h1-5H3. The Hall–Kier alpha value is 0.394. The van der Waals surface area contributed by atoms with Gasteiger partial charge in [-0.25, -0.2) is 0 Å². The maximum Gasteiger partial charge on any atom is 0.122 e. The SMILES string of the molecule is CN([Si](C)C)[Si](C)C. The molecule has 0 saturated heterocycles. The highest BCUT2D eigenvalue weighted by Crippen LogP contribution is 1.93. The molecular weight excluding hydrogens is 130 g/mol. The fourth-order valence-electron chi connectivity index (χ4n) is 0.447. The van der Waals surface area contributed by atoms with Crippen molar-refractivity contribution in [1.29, 1.82) is 0 Å². The molecule has 8 heavy (non-hydrogen) atoms. The van der Waals surface area contributed by atoms with Crippen molar-refractivity contribution in [3.05, 3.63) is 0 Å². The molecule has 2 radical (unpaired) electrons. The van der Waals surface area contributed by atoms with Crippen LogP contribution in [-0.2, 0) is 0 Å². The van der Waals surface area contributed by atoms with Crippen LogP contribution in [-0.4, -0.2) is 29.2 Å². The van der Waals surface area contributed by atoms with E-state index in [1.807, 2.05) is 0 Å².